The normalized spacial score (nSPS) is 12.2. The maximum Gasteiger partial charge on any atom is 0.113 e. The third-order valence-electron chi connectivity index (χ3n) is 1.96. The van der Waals surface area contributed by atoms with Crippen LogP contribution in [0.2, 0.25) is 5.02 Å². The summed E-state index contributed by atoms with van der Waals surface area (Å²) < 4.78 is 0.945. The zero-order valence-electron chi connectivity index (χ0n) is 7.05. The largest absolute Gasteiger partial charge is 0.428 e. The molecule has 0 saturated carbocycles. The van der Waals surface area contributed by atoms with Gasteiger partial charge in [0.1, 0.15) is 5.36 Å². The van der Waals surface area contributed by atoms with E-state index in [0.717, 1.165) is 4.73 Å². The van der Waals surface area contributed by atoms with Crippen LogP contribution in [0.5, 0.6) is 0 Å². The van der Waals surface area contributed by atoms with E-state index >= 15 is 0 Å². The SMILES string of the molecule is O/N=c1\ccn(O)c2ccc(Cl)cc12. The summed E-state index contributed by atoms with van der Waals surface area (Å²) in [6.07, 6.45) is 1.39. The van der Waals surface area contributed by atoms with E-state index in [1.807, 2.05) is 0 Å². The Morgan fingerprint density at radius 3 is 2.79 bits per heavy atom. The van der Waals surface area contributed by atoms with E-state index in [9.17, 15) is 5.21 Å². The van der Waals surface area contributed by atoms with Crippen molar-refractivity contribution in [1.82, 2.24) is 4.73 Å². The molecule has 2 N–H and O–H groups in total. The van der Waals surface area contributed by atoms with Gasteiger partial charge in [-0.05, 0) is 24.3 Å². The number of halogens is 1. The van der Waals surface area contributed by atoms with Crippen LogP contribution in [0.1, 0.15) is 0 Å². The Bertz CT molecular complexity index is 548. The maximum atomic E-state index is 9.43. The quantitative estimate of drug-likeness (QED) is 0.396. The Morgan fingerprint density at radius 2 is 2.07 bits per heavy atom. The third-order valence-corrected chi connectivity index (χ3v) is 2.20. The Hall–Kier alpha value is -1.68. The van der Waals surface area contributed by atoms with Crippen molar-refractivity contribution in [2.45, 2.75) is 0 Å². The number of aromatic nitrogens is 1. The standard InChI is InChI=1S/C9H7ClN2O2/c10-6-1-2-9-7(5-6)8(11-13)3-4-12(9)14/h1-5,13-14H/b11-8+. The van der Waals surface area contributed by atoms with Crippen molar-refractivity contribution < 1.29 is 10.4 Å². The Labute approximate surface area is 84.2 Å². The van der Waals surface area contributed by atoms with Gasteiger partial charge in [-0.3, -0.25) is 0 Å². The Kier molecular flexibility index (Phi) is 2.05. The summed E-state index contributed by atoms with van der Waals surface area (Å²) in [7, 11) is 0. The van der Waals surface area contributed by atoms with Crippen LogP contribution in [0.15, 0.2) is 35.6 Å². The van der Waals surface area contributed by atoms with Crippen LogP contribution in [0, 0.1) is 0 Å². The summed E-state index contributed by atoms with van der Waals surface area (Å²) >= 11 is 5.79. The number of pyridine rings is 1. The van der Waals surface area contributed by atoms with Crippen molar-refractivity contribution in [3.05, 3.63) is 40.8 Å². The predicted octanol–water partition coefficient (Wildman–Crippen LogP) is 1.82. The zero-order chi connectivity index (χ0) is 10.1. The van der Waals surface area contributed by atoms with Crippen LogP contribution in [-0.4, -0.2) is 15.1 Å². The van der Waals surface area contributed by atoms with E-state index in [1.54, 1.807) is 18.2 Å². The van der Waals surface area contributed by atoms with Gasteiger partial charge in [-0.25, -0.2) is 0 Å². The minimum absolute atomic E-state index is 0.368. The molecule has 0 atom stereocenters. The number of hydrogen-bond donors (Lipinski definition) is 2. The molecule has 14 heavy (non-hydrogen) atoms. The molecule has 0 fully saturated rings. The molecule has 1 aromatic carbocycles. The molecule has 0 bridgehead atoms. The lowest BCUT2D eigenvalue weighted by Gasteiger charge is -2.03. The molecule has 0 amide bonds. The fraction of sp³-hybridized carbons (Fsp3) is 0. The first-order chi connectivity index (χ1) is 6.72. The molecule has 0 unspecified atom stereocenters. The molecular weight excluding hydrogens is 204 g/mol. The molecule has 4 nitrogen and oxygen atoms in total. The van der Waals surface area contributed by atoms with Crippen molar-refractivity contribution >= 4 is 22.5 Å². The minimum atomic E-state index is 0.368. The number of fused-ring (bicyclic) bond motifs is 1. The van der Waals surface area contributed by atoms with Crippen molar-refractivity contribution in [3.63, 3.8) is 0 Å². The minimum Gasteiger partial charge on any atom is -0.428 e. The number of rotatable bonds is 0. The number of nitrogens with zero attached hydrogens (tertiary/aromatic N) is 2. The molecule has 0 aliphatic carbocycles. The summed E-state index contributed by atoms with van der Waals surface area (Å²) in [6.45, 7) is 0. The molecule has 0 spiro atoms. The van der Waals surface area contributed by atoms with Gasteiger partial charge in [-0.1, -0.05) is 16.8 Å². The molecule has 72 valence electrons. The zero-order valence-corrected chi connectivity index (χ0v) is 7.81. The Balaban J connectivity index is 3.00. The van der Waals surface area contributed by atoms with E-state index < -0.39 is 0 Å². The average Bonchev–Trinajstić information content (AvgIpc) is 2.18. The van der Waals surface area contributed by atoms with E-state index in [0.29, 0.717) is 21.3 Å². The molecule has 5 heteroatoms. The fourth-order valence-electron chi connectivity index (χ4n) is 1.31. The molecule has 0 radical (unpaired) electrons. The lowest BCUT2D eigenvalue weighted by atomic mass is 10.2. The van der Waals surface area contributed by atoms with E-state index in [2.05, 4.69) is 5.16 Å². The first kappa shape index (κ1) is 8.90. The van der Waals surface area contributed by atoms with Crippen LogP contribution in [0.25, 0.3) is 10.9 Å². The number of benzene rings is 1. The summed E-state index contributed by atoms with van der Waals surface area (Å²) in [5.41, 5.74) is 0.532. The molecule has 2 rings (SSSR count). The lowest BCUT2D eigenvalue weighted by Crippen LogP contribution is -2.07. The highest BCUT2D eigenvalue weighted by Crippen LogP contribution is 2.15. The second-order valence-electron chi connectivity index (χ2n) is 2.81. The van der Waals surface area contributed by atoms with E-state index in [-0.39, 0.29) is 0 Å². The monoisotopic (exact) mass is 210 g/mol. The summed E-state index contributed by atoms with van der Waals surface area (Å²) in [4.78, 5) is 0. The van der Waals surface area contributed by atoms with Gasteiger partial charge in [0.25, 0.3) is 0 Å². The van der Waals surface area contributed by atoms with Gasteiger partial charge in [-0.2, -0.15) is 4.73 Å². The van der Waals surface area contributed by atoms with E-state index in [1.165, 1.54) is 12.3 Å². The van der Waals surface area contributed by atoms with Crippen molar-refractivity contribution in [2.75, 3.05) is 0 Å². The van der Waals surface area contributed by atoms with Gasteiger partial charge in [0.15, 0.2) is 0 Å². The van der Waals surface area contributed by atoms with Crippen molar-refractivity contribution in [3.8, 4) is 0 Å². The van der Waals surface area contributed by atoms with Crippen LogP contribution in [-0.2, 0) is 0 Å². The van der Waals surface area contributed by atoms with Gasteiger partial charge in [0, 0.05) is 16.6 Å². The Morgan fingerprint density at radius 1 is 1.29 bits per heavy atom. The first-order valence-electron chi connectivity index (χ1n) is 3.90. The summed E-state index contributed by atoms with van der Waals surface area (Å²) in [5, 5.41) is 22.7. The van der Waals surface area contributed by atoms with Gasteiger partial charge in [0.05, 0.1) is 5.52 Å². The highest BCUT2D eigenvalue weighted by atomic mass is 35.5. The first-order valence-corrected chi connectivity index (χ1v) is 4.28. The third kappa shape index (κ3) is 1.29. The summed E-state index contributed by atoms with van der Waals surface area (Å²) in [6, 6.07) is 6.40. The molecule has 1 aromatic heterocycles. The molecule has 0 aliphatic rings. The van der Waals surface area contributed by atoms with E-state index in [4.69, 9.17) is 16.8 Å². The molecule has 0 saturated heterocycles. The van der Waals surface area contributed by atoms with Crippen LogP contribution >= 0.6 is 11.6 Å². The van der Waals surface area contributed by atoms with Crippen LogP contribution in [0.4, 0.5) is 0 Å². The fourth-order valence-corrected chi connectivity index (χ4v) is 1.48. The smallest absolute Gasteiger partial charge is 0.113 e. The average molecular weight is 211 g/mol. The molecule has 2 aromatic rings. The summed E-state index contributed by atoms with van der Waals surface area (Å²) in [5.74, 6) is 0. The highest BCUT2D eigenvalue weighted by Gasteiger charge is 2.01. The van der Waals surface area contributed by atoms with Gasteiger partial charge >= 0.3 is 0 Å². The lowest BCUT2D eigenvalue weighted by molar-refractivity contribution is 0.197. The van der Waals surface area contributed by atoms with Gasteiger partial charge in [-0.15, -0.1) is 0 Å². The van der Waals surface area contributed by atoms with Gasteiger partial charge < -0.3 is 10.4 Å². The van der Waals surface area contributed by atoms with Crippen LogP contribution in [0.3, 0.4) is 0 Å². The van der Waals surface area contributed by atoms with Crippen molar-refractivity contribution in [2.24, 2.45) is 5.16 Å². The highest BCUT2D eigenvalue weighted by molar-refractivity contribution is 6.31. The number of hydrogen-bond acceptors (Lipinski definition) is 3. The van der Waals surface area contributed by atoms with Crippen molar-refractivity contribution in [1.29, 1.82) is 0 Å². The second-order valence-corrected chi connectivity index (χ2v) is 3.24. The topological polar surface area (TPSA) is 57.8 Å². The molecule has 1 heterocycles. The van der Waals surface area contributed by atoms with Gasteiger partial charge in [0.2, 0.25) is 0 Å². The van der Waals surface area contributed by atoms with Crippen LogP contribution < -0.4 is 5.36 Å². The maximum absolute atomic E-state index is 9.43. The predicted molar refractivity (Wildman–Crippen MR) is 51.5 cm³/mol. The molecule has 0 aliphatic heterocycles. The molecular formula is C9H7ClN2O2. The second kappa shape index (κ2) is 3.23.